The lowest BCUT2D eigenvalue weighted by Crippen LogP contribution is -2.59. The van der Waals surface area contributed by atoms with Crippen molar-refractivity contribution in [2.45, 2.75) is 145 Å². The van der Waals surface area contributed by atoms with Gasteiger partial charge in [0.25, 0.3) is 0 Å². The second-order valence-electron chi connectivity index (χ2n) is 17.9. The van der Waals surface area contributed by atoms with Gasteiger partial charge in [0.2, 0.25) is 5.91 Å². The van der Waals surface area contributed by atoms with E-state index in [9.17, 15) is 35.1 Å². The number of hydrogen-bond donors (Lipinski definition) is 6. The maximum Gasteiger partial charge on any atom is 0.312 e. The maximum absolute atomic E-state index is 13.5. The molecule has 2 aromatic carbocycles. The van der Waals surface area contributed by atoms with Crippen LogP contribution >= 0.6 is 22.6 Å². The molecule has 0 unspecified atom stereocenters. The third-order valence-electron chi connectivity index (χ3n) is 12.6. The standard InChI is InChI=1S/C44H70IN3O11/c1-24-22-43(7,54)38(58-41-36(50)34(47(9)10)19-25(2)57-41)27(4)35(49)28(5)40(53)59-42(45)44(8,55)37(51)29(6)48(23-24)18-12-17-46-39(52)26(3)30-13-14-32-21-33(56-11)16-15-31(32)20-30/h13-16,20-21,24-29,34-38,41-42,49-51,54-55H,12,17-19,22-23H2,1-11H3,(H,46,52)/t24-,25-,26-,27+,28-,29-,34+,35+,36-,37-,38-,41+,42+,43-,44+/m1/s1. The molecule has 2 aliphatic rings. The van der Waals surface area contributed by atoms with Gasteiger partial charge in [0.1, 0.15) is 23.6 Å². The van der Waals surface area contributed by atoms with Gasteiger partial charge in [-0.15, -0.1) is 0 Å². The molecule has 2 aromatic rings. The van der Waals surface area contributed by atoms with Crippen LogP contribution in [0.25, 0.3) is 10.8 Å². The number of fused-ring (bicyclic) bond motifs is 1. The zero-order chi connectivity index (χ0) is 44.1. The van der Waals surface area contributed by atoms with E-state index < -0.39 is 75.8 Å². The first-order chi connectivity index (χ1) is 27.5. The summed E-state index contributed by atoms with van der Waals surface area (Å²) in [4.78, 5) is 30.8. The fourth-order valence-corrected chi connectivity index (χ4v) is 9.36. The Hall–Kier alpha value is -2.19. The van der Waals surface area contributed by atoms with Gasteiger partial charge in [-0.05, 0) is 132 Å². The van der Waals surface area contributed by atoms with Crippen molar-refractivity contribution in [1.29, 1.82) is 0 Å². The lowest BCUT2D eigenvalue weighted by atomic mass is 9.78. The number of likely N-dealkylation sites (N-methyl/N-ethyl adjacent to an activating group) is 1. The highest BCUT2D eigenvalue weighted by Gasteiger charge is 2.50. The summed E-state index contributed by atoms with van der Waals surface area (Å²) in [7, 11) is 5.36. The molecule has 2 saturated heterocycles. The van der Waals surface area contributed by atoms with Gasteiger partial charge in [0.15, 0.2) is 10.4 Å². The van der Waals surface area contributed by atoms with Crippen molar-refractivity contribution in [2.75, 3.05) is 40.8 Å². The SMILES string of the molecule is COc1ccc2cc([C@@H](C)C(=O)NCCCN3C[C@H](C)C[C@@](C)(O)[C@H](O[C@@H]4O[C@H](C)C[C@H](N(C)C)[C@H]4O)[C@@H](C)[C@H](O)[C@@H](C)C(=O)O[C@H](I)[C@@](C)(O)[C@H](O)[C@H]3C)ccc2c1. The third-order valence-corrected chi connectivity index (χ3v) is 14.1. The number of nitrogens with zero attached hydrogens (tertiary/aromatic N) is 2. The highest BCUT2D eigenvalue weighted by molar-refractivity contribution is 14.1. The van der Waals surface area contributed by atoms with E-state index in [1.54, 1.807) is 50.5 Å². The van der Waals surface area contributed by atoms with E-state index in [-0.39, 0.29) is 30.4 Å². The molecule has 0 spiro atoms. The monoisotopic (exact) mass is 943 g/mol. The van der Waals surface area contributed by atoms with Crippen LogP contribution in [-0.2, 0) is 23.8 Å². The van der Waals surface area contributed by atoms with Gasteiger partial charge in [0, 0.05) is 37.6 Å². The van der Waals surface area contributed by atoms with E-state index in [1.165, 1.54) is 13.8 Å². The van der Waals surface area contributed by atoms with Crippen LogP contribution in [0, 0.1) is 17.8 Å². The molecule has 0 aliphatic carbocycles. The molecule has 6 N–H and O–H groups in total. The van der Waals surface area contributed by atoms with Crippen molar-refractivity contribution in [3.63, 3.8) is 0 Å². The summed E-state index contributed by atoms with van der Waals surface area (Å²) in [5.41, 5.74) is -2.62. The summed E-state index contributed by atoms with van der Waals surface area (Å²) in [6, 6.07) is 10.8. The Morgan fingerprint density at radius 3 is 2.32 bits per heavy atom. The maximum atomic E-state index is 13.5. The van der Waals surface area contributed by atoms with Crippen LogP contribution in [0.3, 0.4) is 0 Å². The number of hydrogen-bond acceptors (Lipinski definition) is 13. The molecule has 15 heteroatoms. The molecule has 334 valence electrons. The largest absolute Gasteiger partial charge is 0.497 e. The Balaban J connectivity index is 1.56. The predicted molar refractivity (Wildman–Crippen MR) is 234 cm³/mol. The Labute approximate surface area is 364 Å². The second kappa shape index (κ2) is 20.8. The highest BCUT2D eigenvalue weighted by atomic mass is 127. The van der Waals surface area contributed by atoms with E-state index >= 15 is 0 Å². The average molecular weight is 944 g/mol. The van der Waals surface area contributed by atoms with Crippen molar-refractivity contribution >= 4 is 45.2 Å². The number of esters is 1. The van der Waals surface area contributed by atoms with Gasteiger partial charge in [0.05, 0.1) is 42.9 Å². The molecule has 0 radical (unpaired) electrons. The fraction of sp³-hybridized carbons (Fsp3) is 0.727. The van der Waals surface area contributed by atoms with E-state index in [1.807, 2.05) is 81.1 Å². The Morgan fingerprint density at radius 1 is 1.03 bits per heavy atom. The molecular formula is C44H70IN3O11. The Bertz CT molecular complexity index is 1700. The molecule has 2 aliphatic heterocycles. The Kier molecular flexibility index (Phi) is 17.4. The number of cyclic esters (lactones) is 1. The predicted octanol–water partition coefficient (Wildman–Crippen LogP) is 3.80. The van der Waals surface area contributed by atoms with Crippen LogP contribution < -0.4 is 10.1 Å². The second-order valence-corrected chi connectivity index (χ2v) is 19.1. The molecule has 0 bridgehead atoms. The first kappa shape index (κ1) is 49.5. The number of halogens is 1. The third kappa shape index (κ3) is 12.0. The number of ether oxygens (including phenoxy) is 4. The molecule has 2 fully saturated rings. The minimum Gasteiger partial charge on any atom is -0.497 e. The van der Waals surface area contributed by atoms with Gasteiger partial charge in [-0.3, -0.25) is 14.5 Å². The first-order valence-electron chi connectivity index (χ1n) is 20.9. The number of alkyl halides is 1. The first-order valence-corrected chi connectivity index (χ1v) is 22.1. The topological polar surface area (TPSA) is 191 Å². The molecule has 0 aromatic heterocycles. The summed E-state index contributed by atoms with van der Waals surface area (Å²) >= 11 is 1.79. The number of rotatable bonds is 10. The number of methoxy groups -OCH3 is 1. The van der Waals surface area contributed by atoms with Crippen LogP contribution in [-0.4, -0.2) is 152 Å². The van der Waals surface area contributed by atoms with Crippen molar-refractivity contribution in [1.82, 2.24) is 15.1 Å². The average Bonchev–Trinajstić information content (AvgIpc) is 3.18. The molecule has 2 heterocycles. The van der Waals surface area contributed by atoms with Crippen molar-refractivity contribution in [2.24, 2.45) is 17.8 Å². The summed E-state index contributed by atoms with van der Waals surface area (Å²) in [5.74, 6) is -2.76. The lowest BCUT2D eigenvalue weighted by molar-refractivity contribution is -0.299. The van der Waals surface area contributed by atoms with Crippen LogP contribution in [0.2, 0.25) is 0 Å². The summed E-state index contributed by atoms with van der Waals surface area (Å²) in [5, 5.41) is 63.8. The molecule has 14 nitrogen and oxygen atoms in total. The normalized spacial score (nSPS) is 37.6. The lowest BCUT2D eigenvalue weighted by Gasteiger charge is -2.46. The number of amides is 1. The van der Waals surface area contributed by atoms with E-state index in [4.69, 9.17) is 18.9 Å². The van der Waals surface area contributed by atoms with Gasteiger partial charge in [-0.2, -0.15) is 0 Å². The zero-order valence-electron chi connectivity index (χ0n) is 36.7. The van der Waals surface area contributed by atoms with Gasteiger partial charge in [-0.25, -0.2) is 0 Å². The highest BCUT2D eigenvalue weighted by Crippen LogP contribution is 2.37. The van der Waals surface area contributed by atoms with Crippen LogP contribution in [0.5, 0.6) is 5.75 Å². The van der Waals surface area contributed by atoms with E-state index in [0.29, 0.717) is 32.5 Å². The van der Waals surface area contributed by atoms with Crippen LogP contribution in [0.4, 0.5) is 0 Å². The Morgan fingerprint density at radius 2 is 1.68 bits per heavy atom. The van der Waals surface area contributed by atoms with Crippen LogP contribution in [0.1, 0.15) is 86.1 Å². The molecule has 0 saturated carbocycles. The number of benzene rings is 2. The number of aliphatic hydroxyl groups is 5. The van der Waals surface area contributed by atoms with Crippen molar-refractivity contribution < 1.29 is 54.1 Å². The quantitative estimate of drug-likeness (QED) is 0.0875. The molecule has 59 heavy (non-hydrogen) atoms. The van der Waals surface area contributed by atoms with Gasteiger partial charge >= 0.3 is 5.97 Å². The summed E-state index contributed by atoms with van der Waals surface area (Å²) < 4.78 is 22.5. The van der Waals surface area contributed by atoms with Crippen LogP contribution in [0.15, 0.2) is 36.4 Å². The van der Waals surface area contributed by atoms with Gasteiger partial charge in [-0.1, -0.05) is 38.1 Å². The molecule has 4 rings (SSSR count). The number of carbonyl (C=O) groups is 2. The minimum absolute atomic E-state index is 0.125. The number of nitrogens with one attached hydrogen (secondary N) is 1. The van der Waals surface area contributed by atoms with E-state index in [0.717, 1.165) is 22.1 Å². The minimum atomic E-state index is -1.90. The molecular weight excluding hydrogens is 873 g/mol. The molecule has 1 amide bonds. The van der Waals surface area contributed by atoms with Crippen molar-refractivity contribution in [3.8, 4) is 5.75 Å². The fourth-order valence-electron chi connectivity index (χ4n) is 8.75. The number of carbonyl (C=O) groups excluding carboxylic acids is 2. The smallest absolute Gasteiger partial charge is 0.312 e. The zero-order valence-corrected chi connectivity index (χ0v) is 38.8. The number of aliphatic hydroxyl groups excluding tert-OH is 3. The van der Waals surface area contributed by atoms with Crippen molar-refractivity contribution in [3.05, 3.63) is 42.0 Å². The van der Waals surface area contributed by atoms with E-state index in [2.05, 4.69) is 5.32 Å². The summed E-state index contributed by atoms with van der Waals surface area (Å²) in [6.07, 6.45) is -5.05. The van der Waals surface area contributed by atoms with Gasteiger partial charge < -0.3 is 54.7 Å². The molecule has 15 atom stereocenters. The summed E-state index contributed by atoms with van der Waals surface area (Å²) in [6.45, 7) is 14.9.